The molecule has 0 N–H and O–H groups in total. The van der Waals surface area contributed by atoms with Gasteiger partial charge in [0.25, 0.3) is 0 Å². The Morgan fingerprint density at radius 3 is 2.34 bits per heavy atom. The van der Waals surface area contributed by atoms with Gasteiger partial charge in [-0.05, 0) is 60.4 Å². The summed E-state index contributed by atoms with van der Waals surface area (Å²) in [6, 6.07) is 24.1. The van der Waals surface area contributed by atoms with Crippen molar-refractivity contribution in [2.24, 2.45) is 0 Å². The highest BCUT2D eigenvalue weighted by Gasteiger charge is 2.12. The average Bonchev–Trinajstić information content (AvgIpc) is 3.18. The number of aromatic nitrogens is 2. The molecule has 0 amide bonds. The van der Waals surface area contributed by atoms with E-state index in [0.29, 0.717) is 19.1 Å². The zero-order valence-electron chi connectivity index (χ0n) is 19.0. The first kappa shape index (κ1) is 21.8. The van der Waals surface area contributed by atoms with Crippen molar-refractivity contribution in [3.8, 4) is 17.2 Å². The number of para-hydroxylation sites is 3. The molecule has 4 rings (SSSR count). The average molecular weight is 431 g/mol. The largest absolute Gasteiger partial charge is 0.497 e. The smallest absolute Gasteiger partial charge is 0.147 e. The van der Waals surface area contributed by atoms with Crippen LogP contribution in [0.15, 0.2) is 72.8 Å². The molecule has 0 radical (unpaired) electrons. The van der Waals surface area contributed by atoms with Crippen LogP contribution in [0.5, 0.6) is 17.2 Å². The molecule has 0 saturated heterocycles. The van der Waals surface area contributed by atoms with Gasteiger partial charge in [0, 0.05) is 6.54 Å². The van der Waals surface area contributed by atoms with Crippen LogP contribution in [0.4, 0.5) is 0 Å². The summed E-state index contributed by atoms with van der Waals surface area (Å²) in [6.45, 7) is 6.24. The Morgan fingerprint density at radius 1 is 0.844 bits per heavy atom. The molecule has 0 aliphatic heterocycles. The van der Waals surface area contributed by atoms with Crippen LogP contribution in [0, 0.1) is 0 Å². The van der Waals surface area contributed by atoms with Crippen LogP contribution >= 0.6 is 0 Å². The lowest BCUT2D eigenvalue weighted by molar-refractivity contribution is 0.279. The van der Waals surface area contributed by atoms with Crippen LogP contribution in [-0.2, 0) is 13.2 Å². The Labute approximate surface area is 189 Å². The van der Waals surface area contributed by atoms with Crippen molar-refractivity contribution in [3.05, 3.63) is 84.2 Å². The highest BCUT2D eigenvalue weighted by Crippen LogP contribution is 2.26. The molecule has 0 aliphatic rings. The first-order chi connectivity index (χ1) is 15.7. The summed E-state index contributed by atoms with van der Waals surface area (Å²) in [7, 11) is 1.66. The van der Waals surface area contributed by atoms with E-state index >= 15 is 0 Å². The van der Waals surface area contributed by atoms with Crippen molar-refractivity contribution in [2.45, 2.75) is 39.3 Å². The van der Waals surface area contributed by atoms with Gasteiger partial charge in [0.15, 0.2) is 0 Å². The number of rotatable bonds is 10. The number of imidazole rings is 1. The number of hydrogen-bond donors (Lipinski definition) is 0. The molecular weight excluding hydrogens is 400 g/mol. The monoisotopic (exact) mass is 430 g/mol. The molecule has 0 aliphatic carbocycles. The Hall–Kier alpha value is -3.47. The van der Waals surface area contributed by atoms with Crippen molar-refractivity contribution in [2.75, 3.05) is 13.7 Å². The van der Waals surface area contributed by atoms with Crippen molar-refractivity contribution in [1.29, 1.82) is 0 Å². The van der Waals surface area contributed by atoms with Gasteiger partial charge in [0.1, 0.15) is 29.7 Å². The lowest BCUT2D eigenvalue weighted by Gasteiger charge is -2.15. The van der Waals surface area contributed by atoms with E-state index in [1.54, 1.807) is 7.11 Å². The molecule has 0 saturated carbocycles. The zero-order chi connectivity index (χ0) is 22.3. The summed E-state index contributed by atoms with van der Waals surface area (Å²) in [4.78, 5) is 4.81. The number of benzene rings is 3. The lowest BCUT2D eigenvalue weighted by Crippen LogP contribution is -2.10. The molecule has 0 unspecified atom stereocenters. The minimum Gasteiger partial charge on any atom is -0.497 e. The van der Waals surface area contributed by atoms with Crippen LogP contribution in [0.3, 0.4) is 0 Å². The molecular formula is C27H30N2O3. The van der Waals surface area contributed by atoms with E-state index in [2.05, 4.69) is 42.7 Å². The summed E-state index contributed by atoms with van der Waals surface area (Å²) < 4.78 is 19.6. The zero-order valence-corrected chi connectivity index (χ0v) is 19.0. The van der Waals surface area contributed by atoms with Gasteiger partial charge < -0.3 is 18.8 Å². The van der Waals surface area contributed by atoms with Crippen LogP contribution in [0.2, 0.25) is 0 Å². The van der Waals surface area contributed by atoms with E-state index in [1.807, 2.05) is 48.5 Å². The third kappa shape index (κ3) is 5.05. The van der Waals surface area contributed by atoms with E-state index in [0.717, 1.165) is 47.1 Å². The summed E-state index contributed by atoms with van der Waals surface area (Å²) >= 11 is 0. The maximum absolute atomic E-state index is 6.12. The number of aryl methyl sites for hydroxylation is 1. The van der Waals surface area contributed by atoms with Gasteiger partial charge in [-0.2, -0.15) is 0 Å². The fourth-order valence-electron chi connectivity index (χ4n) is 3.80. The van der Waals surface area contributed by atoms with E-state index < -0.39 is 0 Å². The maximum atomic E-state index is 6.12. The molecule has 0 atom stereocenters. The van der Waals surface area contributed by atoms with Crippen LogP contribution < -0.4 is 14.2 Å². The number of fused-ring (bicyclic) bond motifs is 1. The van der Waals surface area contributed by atoms with Crippen LogP contribution in [0.25, 0.3) is 11.0 Å². The summed E-state index contributed by atoms with van der Waals surface area (Å²) in [6.07, 6.45) is 0.877. The molecule has 3 aromatic carbocycles. The number of methoxy groups -OCH3 is 1. The number of nitrogens with zero attached hydrogens (tertiary/aromatic N) is 2. The minimum absolute atomic E-state index is 0.401. The molecule has 0 spiro atoms. The molecule has 5 nitrogen and oxygen atoms in total. The Kier molecular flexibility index (Phi) is 6.95. The second-order valence-electron chi connectivity index (χ2n) is 8.03. The van der Waals surface area contributed by atoms with Crippen LogP contribution in [-0.4, -0.2) is 23.3 Å². The SMILES string of the molecule is COc1ccc(OCc2nc3ccccc3n2CCCOc2ccccc2C(C)C)cc1. The van der Waals surface area contributed by atoms with Gasteiger partial charge >= 0.3 is 0 Å². The van der Waals surface area contributed by atoms with Gasteiger partial charge in [-0.3, -0.25) is 0 Å². The quantitative estimate of drug-likeness (QED) is 0.280. The fourth-order valence-corrected chi connectivity index (χ4v) is 3.80. The van der Waals surface area contributed by atoms with Gasteiger partial charge in [0.2, 0.25) is 0 Å². The predicted molar refractivity (Wildman–Crippen MR) is 128 cm³/mol. The molecule has 5 heteroatoms. The van der Waals surface area contributed by atoms with Crippen molar-refractivity contribution < 1.29 is 14.2 Å². The van der Waals surface area contributed by atoms with Gasteiger partial charge in [-0.15, -0.1) is 0 Å². The normalized spacial score (nSPS) is 11.1. The van der Waals surface area contributed by atoms with Crippen LogP contribution in [0.1, 0.15) is 37.6 Å². The second kappa shape index (κ2) is 10.2. The van der Waals surface area contributed by atoms with Crippen molar-refractivity contribution in [3.63, 3.8) is 0 Å². The summed E-state index contributed by atoms with van der Waals surface area (Å²) in [5, 5.41) is 0. The van der Waals surface area contributed by atoms with Crippen molar-refractivity contribution >= 4 is 11.0 Å². The number of ether oxygens (including phenoxy) is 3. The molecule has 166 valence electrons. The summed E-state index contributed by atoms with van der Waals surface area (Å²) in [5.41, 5.74) is 3.34. The summed E-state index contributed by atoms with van der Waals surface area (Å²) in [5.74, 6) is 3.91. The molecule has 0 fully saturated rings. The molecule has 1 heterocycles. The van der Waals surface area contributed by atoms with Gasteiger partial charge in [-0.1, -0.05) is 44.2 Å². The van der Waals surface area contributed by atoms with Gasteiger partial charge in [-0.25, -0.2) is 4.98 Å². The van der Waals surface area contributed by atoms with Gasteiger partial charge in [0.05, 0.1) is 24.8 Å². The third-order valence-electron chi connectivity index (χ3n) is 5.49. The highest BCUT2D eigenvalue weighted by molar-refractivity contribution is 5.75. The first-order valence-corrected chi connectivity index (χ1v) is 11.1. The predicted octanol–water partition coefficient (Wildman–Crippen LogP) is 6.22. The minimum atomic E-state index is 0.401. The fraction of sp³-hybridized carbons (Fsp3) is 0.296. The topological polar surface area (TPSA) is 45.5 Å². The first-order valence-electron chi connectivity index (χ1n) is 11.1. The van der Waals surface area contributed by atoms with E-state index in [9.17, 15) is 0 Å². The van der Waals surface area contributed by atoms with E-state index in [4.69, 9.17) is 19.2 Å². The maximum Gasteiger partial charge on any atom is 0.147 e. The highest BCUT2D eigenvalue weighted by atomic mass is 16.5. The third-order valence-corrected chi connectivity index (χ3v) is 5.49. The Balaban J connectivity index is 1.43. The molecule has 0 bridgehead atoms. The van der Waals surface area contributed by atoms with E-state index in [1.165, 1.54) is 5.56 Å². The van der Waals surface area contributed by atoms with E-state index in [-0.39, 0.29) is 0 Å². The van der Waals surface area contributed by atoms with Crippen molar-refractivity contribution in [1.82, 2.24) is 9.55 Å². The standard InChI is InChI=1S/C27H30N2O3/c1-20(2)23-9-4-7-12-26(23)31-18-8-17-29-25-11-6-5-10-24(25)28-27(29)19-32-22-15-13-21(30-3)14-16-22/h4-7,9-16,20H,8,17-19H2,1-3H3. The molecule has 32 heavy (non-hydrogen) atoms. The molecule has 1 aromatic heterocycles. The second-order valence-corrected chi connectivity index (χ2v) is 8.03. The molecule has 4 aromatic rings. The number of hydrogen-bond acceptors (Lipinski definition) is 4. The Morgan fingerprint density at radius 2 is 1.56 bits per heavy atom. The Bertz CT molecular complexity index is 1150. The lowest BCUT2D eigenvalue weighted by atomic mass is 10.0.